The number of nitro groups is 1. The molecule has 1 rings (SSSR count). The molecule has 0 aliphatic heterocycles. The van der Waals surface area contributed by atoms with E-state index in [2.05, 4.69) is 4.74 Å². The first-order valence-electron chi connectivity index (χ1n) is 4.76. The molecule has 0 unspecified atom stereocenters. The van der Waals surface area contributed by atoms with Gasteiger partial charge in [0.05, 0.1) is 16.1 Å². The van der Waals surface area contributed by atoms with Crippen LogP contribution in [-0.4, -0.2) is 29.0 Å². The number of ether oxygens (including phenoxy) is 1. The Morgan fingerprint density at radius 2 is 2.17 bits per heavy atom. The van der Waals surface area contributed by atoms with Crippen LogP contribution in [0.4, 0.5) is 14.5 Å². The Labute approximate surface area is 99.9 Å². The lowest BCUT2D eigenvalue weighted by Crippen LogP contribution is -2.09. The van der Waals surface area contributed by atoms with Crippen LogP contribution >= 0.6 is 0 Å². The predicted octanol–water partition coefficient (Wildman–Crippen LogP) is 2.25. The summed E-state index contributed by atoms with van der Waals surface area (Å²) in [5.41, 5.74) is -0.874. The van der Waals surface area contributed by atoms with Crippen molar-refractivity contribution >= 4 is 11.7 Å². The Bertz CT molecular complexity index is 489. The van der Waals surface area contributed by atoms with Crippen molar-refractivity contribution in [2.24, 2.45) is 0 Å². The summed E-state index contributed by atoms with van der Waals surface area (Å²) in [7, 11) is 0. The Morgan fingerprint density at radius 3 is 2.61 bits per heavy atom. The van der Waals surface area contributed by atoms with Crippen molar-refractivity contribution in [2.45, 2.75) is 13.3 Å². The van der Waals surface area contributed by atoms with Gasteiger partial charge in [-0.25, -0.2) is 13.6 Å². The van der Waals surface area contributed by atoms with E-state index in [9.17, 15) is 23.7 Å². The molecule has 0 saturated carbocycles. The molecule has 0 amide bonds. The molecule has 0 bridgehead atoms. The van der Waals surface area contributed by atoms with Gasteiger partial charge in [-0.1, -0.05) is 0 Å². The molecular weight excluding hydrogens is 252 g/mol. The Hall–Kier alpha value is -2.25. The molecule has 8 heteroatoms. The third-order valence-electron chi connectivity index (χ3n) is 2.14. The minimum Gasteiger partial charge on any atom is -0.487 e. The lowest BCUT2D eigenvalue weighted by atomic mass is 10.1. The van der Waals surface area contributed by atoms with Crippen LogP contribution in [0.2, 0.25) is 0 Å². The number of benzene rings is 1. The molecule has 98 valence electrons. The van der Waals surface area contributed by atoms with E-state index in [0.29, 0.717) is 0 Å². The molecular formula is C10H9F2NO5. The molecule has 0 fully saturated rings. The molecule has 0 radical (unpaired) electrons. The highest BCUT2D eigenvalue weighted by molar-refractivity contribution is 5.89. The first kappa shape index (κ1) is 13.8. The highest BCUT2D eigenvalue weighted by atomic mass is 19.3. The number of aromatic carboxylic acids is 1. The summed E-state index contributed by atoms with van der Waals surface area (Å²) in [6, 6.07) is 1.83. The molecule has 6 nitrogen and oxygen atoms in total. The zero-order chi connectivity index (χ0) is 13.9. The van der Waals surface area contributed by atoms with Gasteiger partial charge in [0, 0.05) is 6.07 Å². The molecule has 1 aromatic rings. The van der Waals surface area contributed by atoms with Gasteiger partial charge in [0.2, 0.25) is 0 Å². The molecule has 0 atom stereocenters. The number of nitrogens with zero attached hydrogens (tertiary/aromatic N) is 1. The van der Waals surface area contributed by atoms with Crippen molar-refractivity contribution in [3.63, 3.8) is 0 Å². The second-order valence-electron chi connectivity index (χ2n) is 3.38. The van der Waals surface area contributed by atoms with Gasteiger partial charge in [-0.2, -0.15) is 0 Å². The van der Waals surface area contributed by atoms with Crippen LogP contribution < -0.4 is 4.74 Å². The Kier molecular flexibility index (Phi) is 4.13. The number of rotatable bonds is 5. The second-order valence-corrected chi connectivity index (χ2v) is 3.38. The van der Waals surface area contributed by atoms with Crippen LogP contribution in [0.3, 0.4) is 0 Å². The van der Waals surface area contributed by atoms with Crippen molar-refractivity contribution in [1.29, 1.82) is 0 Å². The van der Waals surface area contributed by atoms with E-state index < -0.39 is 35.2 Å². The van der Waals surface area contributed by atoms with Gasteiger partial charge in [0.15, 0.2) is 0 Å². The van der Waals surface area contributed by atoms with Crippen LogP contribution in [-0.2, 0) is 0 Å². The number of carboxylic acids is 1. The molecule has 0 spiro atoms. The third-order valence-corrected chi connectivity index (χ3v) is 2.14. The number of hydrogen-bond acceptors (Lipinski definition) is 4. The van der Waals surface area contributed by atoms with E-state index in [1.165, 1.54) is 6.92 Å². The van der Waals surface area contributed by atoms with E-state index in [1.54, 1.807) is 0 Å². The lowest BCUT2D eigenvalue weighted by molar-refractivity contribution is -0.385. The topological polar surface area (TPSA) is 89.7 Å². The van der Waals surface area contributed by atoms with Crippen molar-refractivity contribution in [1.82, 2.24) is 0 Å². The smallest absolute Gasteiger partial charge is 0.336 e. The number of nitro benzene ring substituents is 1. The standard InChI is InChI=1S/C10H9F2NO5/c1-5-7(13(16)17)2-6(10(14)15)3-8(5)18-4-9(11)12/h2-3,9H,4H2,1H3,(H,14,15). The van der Waals surface area contributed by atoms with Gasteiger partial charge in [-0.15, -0.1) is 0 Å². The summed E-state index contributed by atoms with van der Waals surface area (Å²) in [6.45, 7) is 0.339. The number of hydrogen-bond donors (Lipinski definition) is 1. The van der Waals surface area contributed by atoms with Gasteiger partial charge in [-0.05, 0) is 13.0 Å². The molecule has 0 aliphatic carbocycles. The van der Waals surface area contributed by atoms with Crippen LogP contribution in [0.5, 0.6) is 5.75 Å². The van der Waals surface area contributed by atoms with E-state index >= 15 is 0 Å². The normalized spacial score (nSPS) is 10.4. The summed E-state index contributed by atoms with van der Waals surface area (Å²) in [5.74, 6) is -1.64. The summed E-state index contributed by atoms with van der Waals surface area (Å²) in [4.78, 5) is 20.7. The lowest BCUT2D eigenvalue weighted by Gasteiger charge is -2.09. The van der Waals surface area contributed by atoms with Crippen LogP contribution in [0.25, 0.3) is 0 Å². The molecule has 1 N–H and O–H groups in total. The maximum atomic E-state index is 12.0. The maximum absolute atomic E-state index is 12.0. The zero-order valence-electron chi connectivity index (χ0n) is 9.22. The van der Waals surface area contributed by atoms with E-state index in [0.717, 1.165) is 12.1 Å². The SMILES string of the molecule is Cc1c(OCC(F)F)cc(C(=O)O)cc1[N+](=O)[O-]. The average Bonchev–Trinajstić information content (AvgIpc) is 2.26. The fourth-order valence-corrected chi connectivity index (χ4v) is 1.29. The molecule has 0 saturated heterocycles. The summed E-state index contributed by atoms with van der Waals surface area (Å²) in [6.07, 6.45) is -2.75. The third kappa shape index (κ3) is 3.12. The zero-order valence-corrected chi connectivity index (χ0v) is 9.22. The number of halogens is 2. The number of carboxylic acid groups (broad SMARTS) is 1. The second kappa shape index (κ2) is 5.39. The van der Waals surface area contributed by atoms with Gasteiger partial charge < -0.3 is 9.84 Å². The number of alkyl halides is 2. The van der Waals surface area contributed by atoms with Crippen LogP contribution in [0.1, 0.15) is 15.9 Å². The maximum Gasteiger partial charge on any atom is 0.336 e. The minimum absolute atomic E-state index is 0.00523. The van der Waals surface area contributed by atoms with E-state index in [-0.39, 0.29) is 11.3 Å². The van der Waals surface area contributed by atoms with Crippen LogP contribution in [0, 0.1) is 17.0 Å². The molecule has 1 aromatic carbocycles. The first-order valence-corrected chi connectivity index (χ1v) is 4.76. The van der Waals surface area contributed by atoms with Gasteiger partial charge in [0.1, 0.15) is 12.4 Å². The molecule has 0 aromatic heterocycles. The quantitative estimate of drug-likeness (QED) is 0.648. The molecule has 0 heterocycles. The van der Waals surface area contributed by atoms with Crippen LogP contribution in [0.15, 0.2) is 12.1 Å². The summed E-state index contributed by atoms with van der Waals surface area (Å²) < 4.78 is 28.7. The Morgan fingerprint density at radius 1 is 1.56 bits per heavy atom. The monoisotopic (exact) mass is 261 g/mol. The fraction of sp³-hybridized carbons (Fsp3) is 0.300. The van der Waals surface area contributed by atoms with E-state index in [1.807, 2.05) is 0 Å². The summed E-state index contributed by atoms with van der Waals surface area (Å²) in [5, 5.41) is 19.5. The van der Waals surface area contributed by atoms with Gasteiger partial charge in [0.25, 0.3) is 12.1 Å². The van der Waals surface area contributed by atoms with Crippen molar-refractivity contribution < 1.29 is 28.3 Å². The summed E-state index contributed by atoms with van der Waals surface area (Å²) >= 11 is 0. The predicted molar refractivity (Wildman–Crippen MR) is 56.3 cm³/mol. The minimum atomic E-state index is -2.75. The molecule has 18 heavy (non-hydrogen) atoms. The largest absolute Gasteiger partial charge is 0.487 e. The van der Waals surface area contributed by atoms with Crippen molar-refractivity contribution in [3.8, 4) is 5.75 Å². The van der Waals surface area contributed by atoms with Crippen molar-refractivity contribution in [2.75, 3.05) is 6.61 Å². The highest BCUT2D eigenvalue weighted by Crippen LogP contribution is 2.29. The Balaban J connectivity index is 3.22. The van der Waals surface area contributed by atoms with Gasteiger partial charge >= 0.3 is 5.97 Å². The fourth-order valence-electron chi connectivity index (χ4n) is 1.29. The highest BCUT2D eigenvalue weighted by Gasteiger charge is 2.20. The first-order chi connectivity index (χ1) is 8.32. The van der Waals surface area contributed by atoms with E-state index in [4.69, 9.17) is 5.11 Å². The van der Waals surface area contributed by atoms with Crippen molar-refractivity contribution in [3.05, 3.63) is 33.4 Å². The van der Waals surface area contributed by atoms with Gasteiger partial charge in [-0.3, -0.25) is 10.1 Å². The number of carbonyl (C=O) groups is 1. The average molecular weight is 261 g/mol. The molecule has 0 aliphatic rings.